The Morgan fingerprint density at radius 2 is 2.18 bits per heavy atom. The van der Waals surface area contributed by atoms with E-state index in [1.165, 1.54) is 0 Å². The van der Waals surface area contributed by atoms with Gasteiger partial charge in [-0.3, -0.25) is 4.68 Å². The number of aliphatic hydroxyl groups is 2. The van der Waals surface area contributed by atoms with E-state index in [0.717, 1.165) is 5.69 Å². The van der Waals surface area contributed by atoms with E-state index in [4.69, 9.17) is 10.2 Å². The first-order valence-corrected chi connectivity index (χ1v) is 3.51. The molecule has 0 aliphatic carbocycles. The maximum atomic E-state index is 8.77. The van der Waals surface area contributed by atoms with Crippen LogP contribution < -0.4 is 0 Å². The van der Waals surface area contributed by atoms with Crippen molar-refractivity contribution in [3.05, 3.63) is 18.0 Å². The number of nitrogens with zero attached hydrogens (tertiary/aromatic N) is 2. The van der Waals surface area contributed by atoms with E-state index in [2.05, 4.69) is 5.10 Å². The van der Waals surface area contributed by atoms with Crippen molar-refractivity contribution in [2.45, 2.75) is 13.0 Å². The highest BCUT2D eigenvalue weighted by Gasteiger charge is 2.07. The van der Waals surface area contributed by atoms with Gasteiger partial charge in [0.2, 0.25) is 0 Å². The first-order chi connectivity index (χ1) is 5.27. The molecule has 0 amide bonds. The molecule has 4 nitrogen and oxygen atoms in total. The molecule has 0 radical (unpaired) electrons. The molecule has 2 N–H and O–H groups in total. The summed E-state index contributed by atoms with van der Waals surface area (Å²) in [5, 5.41) is 21.6. The molecule has 0 bridgehead atoms. The van der Waals surface area contributed by atoms with Crippen LogP contribution in [-0.4, -0.2) is 33.2 Å². The zero-order chi connectivity index (χ0) is 8.27. The SMILES string of the molecule is Cc1ccn(C(CO)CO)n1. The van der Waals surface area contributed by atoms with Crippen molar-refractivity contribution in [3.63, 3.8) is 0 Å². The molecule has 0 fully saturated rings. The highest BCUT2D eigenvalue weighted by molar-refractivity contribution is 4.95. The predicted octanol–water partition coefficient (Wildman–Crippen LogP) is -0.283. The van der Waals surface area contributed by atoms with Crippen LogP contribution in [0.5, 0.6) is 0 Å². The summed E-state index contributed by atoms with van der Waals surface area (Å²) in [5.41, 5.74) is 0.886. The van der Waals surface area contributed by atoms with Gasteiger partial charge < -0.3 is 10.2 Å². The van der Waals surface area contributed by atoms with Gasteiger partial charge >= 0.3 is 0 Å². The van der Waals surface area contributed by atoms with Crippen LogP contribution in [0, 0.1) is 6.92 Å². The van der Waals surface area contributed by atoms with Gasteiger partial charge in [-0.05, 0) is 13.0 Å². The Bertz CT molecular complexity index is 218. The van der Waals surface area contributed by atoms with E-state index in [1.807, 2.05) is 13.0 Å². The molecule has 0 unspecified atom stereocenters. The van der Waals surface area contributed by atoms with Crippen molar-refractivity contribution in [1.82, 2.24) is 9.78 Å². The van der Waals surface area contributed by atoms with Crippen LogP contribution in [0.1, 0.15) is 11.7 Å². The third-order valence-electron chi connectivity index (χ3n) is 1.54. The Balaban J connectivity index is 2.73. The molecule has 62 valence electrons. The quantitative estimate of drug-likeness (QED) is 0.632. The van der Waals surface area contributed by atoms with Crippen molar-refractivity contribution >= 4 is 0 Å². The van der Waals surface area contributed by atoms with Gasteiger partial charge in [0.15, 0.2) is 0 Å². The van der Waals surface area contributed by atoms with Crippen LogP contribution >= 0.6 is 0 Å². The Labute approximate surface area is 65.1 Å². The molecule has 0 aliphatic rings. The standard InChI is InChI=1S/C7H12N2O2/c1-6-2-3-9(8-6)7(4-10)5-11/h2-3,7,10-11H,4-5H2,1H3. The number of aryl methyl sites for hydroxylation is 1. The molecule has 11 heavy (non-hydrogen) atoms. The summed E-state index contributed by atoms with van der Waals surface area (Å²) in [7, 11) is 0. The Morgan fingerprint density at radius 3 is 2.55 bits per heavy atom. The van der Waals surface area contributed by atoms with E-state index < -0.39 is 0 Å². The predicted molar refractivity (Wildman–Crippen MR) is 40.2 cm³/mol. The Kier molecular flexibility index (Phi) is 2.62. The topological polar surface area (TPSA) is 58.3 Å². The van der Waals surface area contributed by atoms with Crippen LogP contribution in [0.2, 0.25) is 0 Å². The minimum absolute atomic E-state index is 0.0857. The van der Waals surface area contributed by atoms with Crippen LogP contribution in [-0.2, 0) is 0 Å². The summed E-state index contributed by atoms with van der Waals surface area (Å²) >= 11 is 0. The number of aromatic nitrogens is 2. The summed E-state index contributed by atoms with van der Waals surface area (Å²) < 4.78 is 1.56. The minimum Gasteiger partial charge on any atom is -0.394 e. The molecule has 0 saturated carbocycles. The van der Waals surface area contributed by atoms with Gasteiger partial charge in [-0.25, -0.2) is 0 Å². The third-order valence-corrected chi connectivity index (χ3v) is 1.54. The Morgan fingerprint density at radius 1 is 1.55 bits per heavy atom. The van der Waals surface area contributed by atoms with Crippen LogP contribution in [0.15, 0.2) is 12.3 Å². The van der Waals surface area contributed by atoms with Gasteiger partial charge in [0.1, 0.15) is 0 Å². The molecular formula is C7H12N2O2. The zero-order valence-corrected chi connectivity index (χ0v) is 6.44. The fourth-order valence-electron chi connectivity index (χ4n) is 0.861. The molecule has 0 aromatic carbocycles. The van der Waals surface area contributed by atoms with Crippen molar-refractivity contribution in [2.24, 2.45) is 0 Å². The van der Waals surface area contributed by atoms with Crippen LogP contribution in [0.3, 0.4) is 0 Å². The normalized spacial score (nSPS) is 10.9. The van der Waals surface area contributed by atoms with E-state index in [9.17, 15) is 0 Å². The summed E-state index contributed by atoms with van der Waals surface area (Å²) in [5.74, 6) is 0. The first-order valence-electron chi connectivity index (χ1n) is 3.51. The zero-order valence-electron chi connectivity index (χ0n) is 6.44. The van der Waals surface area contributed by atoms with Gasteiger partial charge in [0, 0.05) is 6.20 Å². The Hall–Kier alpha value is -0.870. The van der Waals surface area contributed by atoms with Crippen molar-refractivity contribution < 1.29 is 10.2 Å². The lowest BCUT2D eigenvalue weighted by molar-refractivity contribution is 0.146. The summed E-state index contributed by atoms with van der Waals surface area (Å²) in [4.78, 5) is 0. The highest BCUT2D eigenvalue weighted by atomic mass is 16.3. The van der Waals surface area contributed by atoms with Gasteiger partial charge in [-0.1, -0.05) is 0 Å². The van der Waals surface area contributed by atoms with E-state index in [-0.39, 0.29) is 19.3 Å². The maximum Gasteiger partial charge on any atom is 0.0979 e. The minimum atomic E-state index is -0.302. The van der Waals surface area contributed by atoms with Crippen LogP contribution in [0.4, 0.5) is 0 Å². The molecule has 0 aliphatic heterocycles. The summed E-state index contributed by atoms with van der Waals surface area (Å²) in [6.45, 7) is 1.69. The average molecular weight is 156 g/mol. The first kappa shape index (κ1) is 8.23. The second-order valence-electron chi connectivity index (χ2n) is 2.46. The van der Waals surface area contributed by atoms with Gasteiger partial charge in [0.25, 0.3) is 0 Å². The monoisotopic (exact) mass is 156 g/mol. The molecule has 0 saturated heterocycles. The summed E-state index contributed by atoms with van der Waals surface area (Å²) in [6, 6.07) is 1.53. The van der Waals surface area contributed by atoms with Crippen molar-refractivity contribution in [2.75, 3.05) is 13.2 Å². The second kappa shape index (κ2) is 3.50. The largest absolute Gasteiger partial charge is 0.394 e. The van der Waals surface area contributed by atoms with Crippen molar-refractivity contribution in [3.8, 4) is 0 Å². The lowest BCUT2D eigenvalue weighted by Gasteiger charge is -2.10. The molecule has 1 aromatic heterocycles. The maximum absolute atomic E-state index is 8.77. The molecule has 1 rings (SSSR count). The highest BCUT2D eigenvalue weighted by Crippen LogP contribution is 2.03. The lowest BCUT2D eigenvalue weighted by atomic mass is 10.3. The van der Waals surface area contributed by atoms with Gasteiger partial charge in [-0.15, -0.1) is 0 Å². The second-order valence-corrected chi connectivity index (χ2v) is 2.46. The van der Waals surface area contributed by atoms with Gasteiger partial charge in [0.05, 0.1) is 24.9 Å². The van der Waals surface area contributed by atoms with Gasteiger partial charge in [-0.2, -0.15) is 5.10 Å². The molecular weight excluding hydrogens is 144 g/mol. The lowest BCUT2D eigenvalue weighted by Crippen LogP contribution is -2.17. The number of aliphatic hydroxyl groups excluding tert-OH is 2. The smallest absolute Gasteiger partial charge is 0.0979 e. The van der Waals surface area contributed by atoms with E-state index >= 15 is 0 Å². The third kappa shape index (κ3) is 1.78. The molecule has 1 heterocycles. The van der Waals surface area contributed by atoms with E-state index in [0.29, 0.717) is 0 Å². The van der Waals surface area contributed by atoms with E-state index in [1.54, 1.807) is 10.9 Å². The fraction of sp³-hybridized carbons (Fsp3) is 0.571. The van der Waals surface area contributed by atoms with Crippen molar-refractivity contribution in [1.29, 1.82) is 0 Å². The fourth-order valence-corrected chi connectivity index (χ4v) is 0.861. The number of hydrogen-bond donors (Lipinski definition) is 2. The molecule has 0 atom stereocenters. The summed E-state index contributed by atoms with van der Waals surface area (Å²) in [6.07, 6.45) is 1.74. The number of rotatable bonds is 3. The molecule has 0 spiro atoms. The van der Waals surface area contributed by atoms with Crippen LogP contribution in [0.25, 0.3) is 0 Å². The molecule has 4 heteroatoms. The molecule has 1 aromatic rings. The average Bonchev–Trinajstić information content (AvgIpc) is 2.39. The number of hydrogen-bond acceptors (Lipinski definition) is 3.